The first-order chi connectivity index (χ1) is 8.97. The highest BCUT2D eigenvalue weighted by Crippen LogP contribution is 2.23. The number of amides is 1. The predicted octanol–water partition coefficient (Wildman–Crippen LogP) is 2.12. The molecule has 0 aliphatic rings. The molecule has 0 aromatic heterocycles. The molecule has 1 aromatic carbocycles. The van der Waals surface area contributed by atoms with Gasteiger partial charge in [-0.15, -0.1) is 0 Å². The number of aliphatic hydroxyl groups excluding tert-OH is 1. The number of ether oxygens (including phenoxy) is 1. The Hall–Kier alpha value is -1.62. The van der Waals surface area contributed by atoms with Crippen LogP contribution >= 0.6 is 0 Å². The van der Waals surface area contributed by atoms with E-state index >= 15 is 0 Å². The Bertz CT molecular complexity index is 450. The van der Waals surface area contributed by atoms with E-state index in [1.54, 1.807) is 0 Å². The number of nitrogens with one attached hydrogen (secondary N) is 1. The van der Waals surface area contributed by atoms with Gasteiger partial charge >= 0.3 is 0 Å². The Labute approximate surface area is 112 Å². The van der Waals surface area contributed by atoms with Crippen molar-refractivity contribution >= 4 is 5.91 Å². The Morgan fingerprint density at radius 1 is 1.53 bits per heavy atom. The number of hydrogen-bond acceptors (Lipinski definition) is 3. The summed E-state index contributed by atoms with van der Waals surface area (Å²) < 4.78 is 18.8. The van der Waals surface area contributed by atoms with Crippen LogP contribution in [0.5, 0.6) is 5.75 Å². The second kappa shape index (κ2) is 6.52. The van der Waals surface area contributed by atoms with Gasteiger partial charge in [0.05, 0.1) is 7.11 Å². The molecule has 0 radical (unpaired) electrons. The number of halogens is 1. The molecule has 1 amide bonds. The molecule has 1 unspecified atom stereocenters. The molecule has 0 aliphatic carbocycles. The largest absolute Gasteiger partial charge is 0.496 e. The molecule has 19 heavy (non-hydrogen) atoms. The topological polar surface area (TPSA) is 58.6 Å². The van der Waals surface area contributed by atoms with Gasteiger partial charge in [-0.05, 0) is 31.9 Å². The van der Waals surface area contributed by atoms with E-state index in [4.69, 9.17) is 9.84 Å². The number of methoxy groups -OCH3 is 1. The maximum absolute atomic E-state index is 13.8. The van der Waals surface area contributed by atoms with Crippen molar-refractivity contribution in [2.24, 2.45) is 0 Å². The molecule has 0 heterocycles. The van der Waals surface area contributed by atoms with Crippen LogP contribution in [0.3, 0.4) is 0 Å². The van der Waals surface area contributed by atoms with Gasteiger partial charge in [0.1, 0.15) is 17.1 Å². The fourth-order valence-corrected chi connectivity index (χ4v) is 1.81. The summed E-state index contributed by atoms with van der Waals surface area (Å²) in [5.41, 5.74) is -0.679. The van der Waals surface area contributed by atoms with E-state index in [2.05, 4.69) is 5.32 Å². The van der Waals surface area contributed by atoms with Crippen molar-refractivity contribution in [2.75, 3.05) is 13.7 Å². The van der Waals surface area contributed by atoms with E-state index in [0.717, 1.165) is 0 Å². The number of aliphatic hydroxyl groups is 1. The lowest BCUT2D eigenvalue weighted by Gasteiger charge is -2.29. The maximum Gasteiger partial charge on any atom is 0.258 e. The van der Waals surface area contributed by atoms with Gasteiger partial charge < -0.3 is 15.2 Å². The summed E-state index contributed by atoms with van der Waals surface area (Å²) in [7, 11) is 1.39. The summed E-state index contributed by atoms with van der Waals surface area (Å²) in [5.74, 6) is -0.966. The lowest BCUT2D eigenvalue weighted by Crippen LogP contribution is -2.46. The number of carbonyl (C=O) groups is 1. The van der Waals surface area contributed by atoms with Gasteiger partial charge in [0.15, 0.2) is 0 Å². The minimum Gasteiger partial charge on any atom is -0.496 e. The predicted molar refractivity (Wildman–Crippen MR) is 70.8 cm³/mol. The minimum atomic E-state index is -0.626. The second-order valence-corrected chi connectivity index (χ2v) is 4.66. The fraction of sp³-hybridized carbons (Fsp3) is 0.500. The molecule has 4 nitrogen and oxygen atoms in total. The van der Waals surface area contributed by atoms with Crippen molar-refractivity contribution in [1.29, 1.82) is 0 Å². The number of benzene rings is 1. The lowest BCUT2D eigenvalue weighted by molar-refractivity contribution is 0.0878. The zero-order chi connectivity index (χ0) is 14.5. The summed E-state index contributed by atoms with van der Waals surface area (Å²) in [4.78, 5) is 12.2. The van der Waals surface area contributed by atoms with Crippen LogP contribution in [0.4, 0.5) is 4.39 Å². The molecule has 0 fully saturated rings. The van der Waals surface area contributed by atoms with Gasteiger partial charge in [-0.2, -0.15) is 0 Å². The van der Waals surface area contributed by atoms with Crippen LogP contribution in [0.25, 0.3) is 0 Å². The summed E-state index contributed by atoms with van der Waals surface area (Å²) in [6, 6.07) is 4.23. The molecule has 0 saturated carbocycles. The van der Waals surface area contributed by atoms with E-state index in [1.165, 1.54) is 25.3 Å². The molecular weight excluding hydrogens is 249 g/mol. The van der Waals surface area contributed by atoms with Crippen LogP contribution < -0.4 is 10.1 Å². The third-order valence-corrected chi connectivity index (χ3v) is 3.28. The first-order valence-corrected chi connectivity index (χ1v) is 6.23. The van der Waals surface area contributed by atoms with Crippen molar-refractivity contribution in [1.82, 2.24) is 5.32 Å². The summed E-state index contributed by atoms with van der Waals surface area (Å²) in [6.45, 7) is 3.67. The van der Waals surface area contributed by atoms with Gasteiger partial charge in [-0.25, -0.2) is 4.39 Å². The zero-order valence-electron chi connectivity index (χ0n) is 11.5. The van der Waals surface area contributed by atoms with E-state index in [1.807, 2.05) is 13.8 Å². The normalized spacial score (nSPS) is 13.7. The zero-order valence-corrected chi connectivity index (χ0v) is 11.5. The first kappa shape index (κ1) is 15.4. The lowest BCUT2D eigenvalue weighted by atomic mass is 9.94. The SMILES string of the molecule is CCC(C)(CCO)NC(=O)c1c(F)cccc1OC. The molecule has 0 spiro atoms. The van der Waals surface area contributed by atoms with E-state index in [0.29, 0.717) is 12.8 Å². The van der Waals surface area contributed by atoms with Gasteiger partial charge in [-0.3, -0.25) is 4.79 Å². The Kier molecular flexibility index (Phi) is 5.30. The molecule has 0 saturated heterocycles. The van der Waals surface area contributed by atoms with Gasteiger partial charge in [0.25, 0.3) is 5.91 Å². The molecule has 0 bridgehead atoms. The summed E-state index contributed by atoms with van der Waals surface area (Å²) >= 11 is 0. The monoisotopic (exact) mass is 269 g/mol. The minimum absolute atomic E-state index is 0.0426. The van der Waals surface area contributed by atoms with Crippen LogP contribution in [0.2, 0.25) is 0 Å². The van der Waals surface area contributed by atoms with E-state index < -0.39 is 17.3 Å². The average molecular weight is 269 g/mol. The van der Waals surface area contributed by atoms with E-state index in [9.17, 15) is 9.18 Å². The molecule has 106 valence electrons. The molecule has 0 aliphatic heterocycles. The Balaban J connectivity index is 3.01. The van der Waals surface area contributed by atoms with Gasteiger partial charge in [0, 0.05) is 12.1 Å². The Morgan fingerprint density at radius 3 is 2.74 bits per heavy atom. The van der Waals surface area contributed by atoms with Crippen molar-refractivity contribution < 1.29 is 19.0 Å². The number of hydrogen-bond donors (Lipinski definition) is 2. The van der Waals surface area contributed by atoms with Crippen LogP contribution in [-0.4, -0.2) is 30.3 Å². The fourth-order valence-electron chi connectivity index (χ4n) is 1.81. The molecule has 2 N–H and O–H groups in total. The summed E-state index contributed by atoms with van der Waals surface area (Å²) in [6.07, 6.45) is 1.04. The van der Waals surface area contributed by atoms with Gasteiger partial charge in [-0.1, -0.05) is 13.0 Å². The molecule has 1 rings (SSSR count). The van der Waals surface area contributed by atoms with Crippen molar-refractivity contribution in [2.45, 2.75) is 32.2 Å². The third kappa shape index (κ3) is 3.67. The standard InChI is InChI=1S/C14H20FNO3/c1-4-14(2,8-9-17)16-13(18)12-10(15)6-5-7-11(12)19-3/h5-7,17H,4,8-9H2,1-3H3,(H,16,18). The molecule has 5 heteroatoms. The smallest absolute Gasteiger partial charge is 0.258 e. The first-order valence-electron chi connectivity index (χ1n) is 6.23. The van der Waals surface area contributed by atoms with Crippen LogP contribution in [0, 0.1) is 5.82 Å². The highest BCUT2D eigenvalue weighted by atomic mass is 19.1. The highest BCUT2D eigenvalue weighted by molar-refractivity contribution is 5.97. The van der Waals surface area contributed by atoms with Gasteiger partial charge in [0.2, 0.25) is 0 Å². The highest BCUT2D eigenvalue weighted by Gasteiger charge is 2.27. The summed E-state index contributed by atoms with van der Waals surface area (Å²) in [5, 5.41) is 11.8. The molecular formula is C14H20FNO3. The van der Waals surface area contributed by atoms with Crippen molar-refractivity contribution in [3.63, 3.8) is 0 Å². The number of rotatable bonds is 6. The number of carbonyl (C=O) groups excluding carboxylic acids is 1. The molecule has 1 aromatic rings. The Morgan fingerprint density at radius 2 is 2.21 bits per heavy atom. The maximum atomic E-state index is 13.8. The van der Waals surface area contributed by atoms with Crippen LogP contribution in [0.15, 0.2) is 18.2 Å². The second-order valence-electron chi connectivity index (χ2n) is 4.66. The van der Waals surface area contributed by atoms with Crippen molar-refractivity contribution in [3.8, 4) is 5.75 Å². The quantitative estimate of drug-likeness (QED) is 0.831. The van der Waals surface area contributed by atoms with E-state index in [-0.39, 0.29) is 17.9 Å². The van der Waals surface area contributed by atoms with Crippen molar-refractivity contribution in [3.05, 3.63) is 29.6 Å². The van der Waals surface area contributed by atoms with Crippen LogP contribution in [0.1, 0.15) is 37.0 Å². The van der Waals surface area contributed by atoms with Crippen LogP contribution in [-0.2, 0) is 0 Å². The molecule has 1 atom stereocenters. The average Bonchev–Trinajstić information content (AvgIpc) is 2.38. The third-order valence-electron chi connectivity index (χ3n) is 3.28.